The van der Waals surface area contributed by atoms with E-state index in [0.717, 1.165) is 53.9 Å². The molecule has 3 N–H and O–H groups in total. The molecule has 2 fully saturated rings. The SMILES string of the molecule is Cc1cc(Nc2cc3ncccc3c(NC3C[C@H]4CCC[C@@H](C3)N4CC(=O)OC(C)(C)C)n2)n[nH]1. The molecule has 0 aliphatic carbocycles. The fourth-order valence-electron chi connectivity index (χ4n) is 5.43. The predicted octanol–water partition coefficient (Wildman–Crippen LogP) is 4.54. The van der Waals surface area contributed by atoms with Crippen LogP contribution < -0.4 is 10.6 Å². The van der Waals surface area contributed by atoms with Gasteiger partial charge < -0.3 is 15.4 Å². The average Bonchev–Trinajstić information content (AvgIpc) is 3.17. The molecule has 186 valence electrons. The first-order chi connectivity index (χ1) is 16.7. The van der Waals surface area contributed by atoms with Gasteiger partial charge in [0.15, 0.2) is 5.82 Å². The molecule has 0 amide bonds. The normalized spacial score (nSPS) is 22.7. The summed E-state index contributed by atoms with van der Waals surface area (Å²) in [4.78, 5) is 24.4. The van der Waals surface area contributed by atoms with Crippen LogP contribution in [0.2, 0.25) is 0 Å². The molecule has 2 saturated heterocycles. The first-order valence-corrected chi connectivity index (χ1v) is 12.5. The lowest BCUT2D eigenvalue weighted by atomic mass is 9.81. The van der Waals surface area contributed by atoms with E-state index >= 15 is 0 Å². The molecule has 2 bridgehead atoms. The highest BCUT2D eigenvalue weighted by Gasteiger charge is 2.40. The van der Waals surface area contributed by atoms with Crippen molar-refractivity contribution >= 4 is 34.3 Å². The van der Waals surface area contributed by atoms with Crippen LogP contribution in [0.5, 0.6) is 0 Å². The number of hydrogen-bond acceptors (Lipinski definition) is 8. The molecule has 3 aromatic heterocycles. The van der Waals surface area contributed by atoms with Crippen molar-refractivity contribution in [3.05, 3.63) is 36.2 Å². The number of fused-ring (bicyclic) bond motifs is 3. The Kier molecular flexibility index (Phi) is 6.35. The molecule has 1 unspecified atom stereocenters. The van der Waals surface area contributed by atoms with Crippen LogP contribution in [0.3, 0.4) is 0 Å². The van der Waals surface area contributed by atoms with E-state index in [0.29, 0.717) is 24.4 Å². The zero-order valence-corrected chi connectivity index (χ0v) is 21.0. The van der Waals surface area contributed by atoms with Gasteiger partial charge in [0, 0.05) is 47.5 Å². The minimum absolute atomic E-state index is 0.132. The van der Waals surface area contributed by atoms with Gasteiger partial charge in [0.25, 0.3) is 0 Å². The quantitative estimate of drug-likeness (QED) is 0.444. The van der Waals surface area contributed by atoms with Gasteiger partial charge in [-0.15, -0.1) is 0 Å². The maximum absolute atomic E-state index is 12.6. The molecule has 0 saturated carbocycles. The number of H-pyrrole nitrogens is 1. The Labute approximate surface area is 206 Å². The Balaban J connectivity index is 1.33. The summed E-state index contributed by atoms with van der Waals surface area (Å²) < 4.78 is 5.61. The van der Waals surface area contributed by atoms with E-state index in [2.05, 4.69) is 36.8 Å². The lowest BCUT2D eigenvalue weighted by molar-refractivity contribution is -0.159. The molecule has 3 atom stereocenters. The summed E-state index contributed by atoms with van der Waals surface area (Å²) in [7, 11) is 0. The Morgan fingerprint density at radius 1 is 1.20 bits per heavy atom. The van der Waals surface area contributed by atoms with Gasteiger partial charge in [0.05, 0.1) is 12.1 Å². The Morgan fingerprint density at radius 2 is 1.97 bits per heavy atom. The molecule has 2 aliphatic heterocycles. The molecule has 0 radical (unpaired) electrons. The Bertz CT molecular complexity index is 1190. The standard InChI is InChI=1S/C26H35N7O2/c1-16-11-23(32-31-16)29-22-14-21-20(9-6-10-27-21)25(30-22)28-17-12-18-7-5-8-19(13-17)33(18)15-24(34)35-26(2,3)4/h6,9-11,14,17-19H,5,7-8,12-13,15H2,1-4H3,(H3,28,29,30,31,32)/t17?,18-,19+. The number of anilines is 3. The molecule has 2 aliphatic rings. The molecule has 9 nitrogen and oxygen atoms in total. The van der Waals surface area contributed by atoms with Crippen LogP contribution in [0.4, 0.5) is 17.5 Å². The van der Waals surface area contributed by atoms with Crippen molar-refractivity contribution in [3.8, 4) is 0 Å². The summed E-state index contributed by atoms with van der Waals surface area (Å²) in [6.45, 7) is 8.10. The van der Waals surface area contributed by atoms with Crippen LogP contribution in [0, 0.1) is 6.92 Å². The van der Waals surface area contributed by atoms with Gasteiger partial charge in [-0.05, 0) is 65.5 Å². The van der Waals surface area contributed by atoms with Crippen LogP contribution in [0.25, 0.3) is 10.9 Å². The number of pyridine rings is 2. The predicted molar refractivity (Wildman–Crippen MR) is 137 cm³/mol. The number of carbonyl (C=O) groups is 1. The summed E-state index contributed by atoms with van der Waals surface area (Å²) in [6, 6.07) is 8.90. The van der Waals surface area contributed by atoms with E-state index in [1.165, 1.54) is 6.42 Å². The van der Waals surface area contributed by atoms with Crippen LogP contribution in [-0.2, 0) is 9.53 Å². The van der Waals surface area contributed by atoms with Gasteiger partial charge in [-0.3, -0.25) is 19.8 Å². The van der Waals surface area contributed by atoms with Crippen LogP contribution in [-0.4, -0.2) is 61.3 Å². The number of aromatic nitrogens is 4. The largest absolute Gasteiger partial charge is 0.459 e. The number of hydrogen-bond donors (Lipinski definition) is 3. The maximum Gasteiger partial charge on any atom is 0.320 e. The number of piperidine rings is 2. The van der Waals surface area contributed by atoms with Crippen molar-refractivity contribution in [2.75, 3.05) is 17.2 Å². The van der Waals surface area contributed by atoms with Crippen LogP contribution in [0.1, 0.15) is 58.6 Å². The Hall–Kier alpha value is -3.20. The fraction of sp³-hybridized carbons (Fsp3) is 0.538. The third-order valence-electron chi connectivity index (χ3n) is 6.76. The van der Waals surface area contributed by atoms with Gasteiger partial charge in [-0.2, -0.15) is 5.10 Å². The number of carbonyl (C=O) groups excluding carboxylic acids is 1. The van der Waals surface area contributed by atoms with Crippen LogP contribution >= 0.6 is 0 Å². The van der Waals surface area contributed by atoms with E-state index in [4.69, 9.17) is 9.72 Å². The van der Waals surface area contributed by atoms with Crippen LogP contribution in [0.15, 0.2) is 30.5 Å². The molecular formula is C26H35N7O2. The third kappa shape index (κ3) is 5.56. The average molecular weight is 478 g/mol. The zero-order chi connectivity index (χ0) is 24.6. The zero-order valence-electron chi connectivity index (χ0n) is 21.0. The smallest absolute Gasteiger partial charge is 0.320 e. The van der Waals surface area contributed by atoms with Gasteiger partial charge in [0.2, 0.25) is 0 Å². The monoisotopic (exact) mass is 477 g/mol. The van der Waals surface area contributed by atoms with Gasteiger partial charge in [-0.1, -0.05) is 6.42 Å². The second-order valence-electron chi connectivity index (χ2n) is 10.8. The highest BCUT2D eigenvalue weighted by atomic mass is 16.6. The Morgan fingerprint density at radius 3 is 2.66 bits per heavy atom. The van der Waals surface area contributed by atoms with Crippen molar-refractivity contribution in [2.45, 2.75) is 83.5 Å². The lowest BCUT2D eigenvalue weighted by Gasteiger charge is -2.48. The molecular weight excluding hydrogens is 442 g/mol. The van der Waals surface area contributed by atoms with Crippen molar-refractivity contribution in [1.29, 1.82) is 0 Å². The van der Waals surface area contributed by atoms with E-state index in [1.54, 1.807) is 6.20 Å². The van der Waals surface area contributed by atoms with Crippen molar-refractivity contribution in [3.63, 3.8) is 0 Å². The number of aryl methyl sites for hydroxylation is 1. The van der Waals surface area contributed by atoms with Crippen molar-refractivity contribution < 1.29 is 9.53 Å². The molecule has 5 heterocycles. The van der Waals surface area contributed by atoms with E-state index in [9.17, 15) is 4.79 Å². The summed E-state index contributed by atoms with van der Waals surface area (Å²) in [5.74, 6) is 2.12. The van der Waals surface area contributed by atoms with Gasteiger partial charge in [-0.25, -0.2) is 4.98 Å². The van der Waals surface area contributed by atoms with E-state index in [-0.39, 0.29) is 12.0 Å². The topological polar surface area (TPSA) is 108 Å². The third-order valence-corrected chi connectivity index (χ3v) is 6.76. The molecule has 0 spiro atoms. The molecule has 35 heavy (non-hydrogen) atoms. The number of esters is 1. The van der Waals surface area contributed by atoms with Gasteiger partial charge in [0.1, 0.15) is 17.2 Å². The number of rotatable bonds is 6. The van der Waals surface area contributed by atoms with E-state index < -0.39 is 5.60 Å². The van der Waals surface area contributed by atoms with E-state index in [1.807, 2.05) is 45.9 Å². The first-order valence-electron chi connectivity index (χ1n) is 12.5. The number of nitrogens with one attached hydrogen (secondary N) is 3. The molecule has 5 rings (SSSR count). The first kappa shape index (κ1) is 23.5. The highest BCUT2D eigenvalue weighted by Crippen LogP contribution is 2.36. The molecule has 3 aromatic rings. The minimum atomic E-state index is -0.458. The van der Waals surface area contributed by atoms with Gasteiger partial charge >= 0.3 is 5.97 Å². The van der Waals surface area contributed by atoms with Crippen molar-refractivity contribution in [1.82, 2.24) is 25.1 Å². The second kappa shape index (κ2) is 9.45. The second-order valence-corrected chi connectivity index (χ2v) is 10.8. The summed E-state index contributed by atoms with van der Waals surface area (Å²) >= 11 is 0. The number of nitrogens with zero attached hydrogens (tertiary/aromatic N) is 4. The minimum Gasteiger partial charge on any atom is -0.459 e. The van der Waals surface area contributed by atoms with Crippen molar-refractivity contribution in [2.24, 2.45) is 0 Å². The summed E-state index contributed by atoms with van der Waals surface area (Å²) in [5, 5.41) is 15.2. The fourth-order valence-corrected chi connectivity index (χ4v) is 5.43. The molecule has 0 aromatic carbocycles. The number of aromatic amines is 1. The summed E-state index contributed by atoms with van der Waals surface area (Å²) in [6.07, 6.45) is 7.16. The maximum atomic E-state index is 12.6. The highest BCUT2D eigenvalue weighted by molar-refractivity contribution is 5.91. The summed E-state index contributed by atoms with van der Waals surface area (Å²) in [5.41, 5.74) is 1.40. The number of ether oxygens (including phenoxy) is 1. The molecule has 9 heteroatoms. The lowest BCUT2D eigenvalue weighted by Crippen LogP contribution is -2.56.